The molecule has 1 aliphatic heterocycles. The minimum absolute atomic E-state index is 0.0360. The number of nitrogens with zero attached hydrogens (tertiary/aromatic N) is 4. The summed E-state index contributed by atoms with van der Waals surface area (Å²) in [6.45, 7) is 6.18. The molecule has 3 N–H and O–H groups in total. The molecule has 1 saturated heterocycles. The molecule has 0 spiro atoms. The first-order chi connectivity index (χ1) is 13.5. The van der Waals surface area contributed by atoms with Crippen molar-refractivity contribution in [3.05, 3.63) is 64.7 Å². The first-order valence-electron chi connectivity index (χ1n) is 9.44. The third-order valence-corrected chi connectivity index (χ3v) is 5.39. The lowest BCUT2D eigenvalue weighted by atomic mass is 9.90. The van der Waals surface area contributed by atoms with Gasteiger partial charge < -0.3 is 5.32 Å². The van der Waals surface area contributed by atoms with Crippen LogP contribution < -0.4 is 16.2 Å². The molecule has 8 heteroatoms. The van der Waals surface area contributed by atoms with Crippen LogP contribution in [0.3, 0.4) is 0 Å². The number of nitrogens with one attached hydrogen (secondary N) is 3. The van der Waals surface area contributed by atoms with Crippen LogP contribution in [0.4, 0.5) is 5.82 Å². The van der Waals surface area contributed by atoms with E-state index in [0.29, 0.717) is 5.92 Å². The van der Waals surface area contributed by atoms with E-state index in [4.69, 9.17) is 11.6 Å². The van der Waals surface area contributed by atoms with Crippen molar-refractivity contribution in [2.24, 2.45) is 5.92 Å². The van der Waals surface area contributed by atoms with Gasteiger partial charge in [-0.05, 0) is 44.0 Å². The van der Waals surface area contributed by atoms with Crippen molar-refractivity contribution in [2.75, 3.05) is 5.32 Å². The number of hydrogen-bond acceptors (Lipinski definition) is 6. The monoisotopic (exact) mass is 397 g/mol. The molecule has 3 aromatic rings. The summed E-state index contributed by atoms with van der Waals surface area (Å²) in [7, 11) is 0. The number of rotatable bonds is 5. The Morgan fingerprint density at radius 3 is 2.57 bits per heavy atom. The maximum atomic E-state index is 6.03. The summed E-state index contributed by atoms with van der Waals surface area (Å²) in [4.78, 5) is 8.76. The highest BCUT2D eigenvalue weighted by Gasteiger charge is 2.35. The topological polar surface area (TPSA) is 79.7 Å². The van der Waals surface area contributed by atoms with Gasteiger partial charge in [-0.25, -0.2) is 25.5 Å². The Morgan fingerprint density at radius 2 is 1.89 bits per heavy atom. The third kappa shape index (κ3) is 3.73. The van der Waals surface area contributed by atoms with Crippen LogP contribution >= 0.6 is 11.6 Å². The minimum Gasteiger partial charge on any atom is -0.353 e. The van der Waals surface area contributed by atoms with Crippen LogP contribution in [-0.4, -0.2) is 25.9 Å². The molecule has 0 radical (unpaired) electrons. The molecule has 4 rings (SSSR count). The lowest BCUT2D eigenvalue weighted by Crippen LogP contribution is -2.38. The van der Waals surface area contributed by atoms with Gasteiger partial charge >= 0.3 is 0 Å². The van der Waals surface area contributed by atoms with Gasteiger partial charge in [0.05, 0.1) is 17.9 Å². The lowest BCUT2D eigenvalue weighted by Gasteiger charge is -2.23. The number of hydrogen-bond donors (Lipinski definition) is 3. The van der Waals surface area contributed by atoms with Gasteiger partial charge in [0.1, 0.15) is 12.1 Å². The van der Waals surface area contributed by atoms with Crippen molar-refractivity contribution < 1.29 is 0 Å². The molecular formula is C20H24ClN7. The van der Waals surface area contributed by atoms with Crippen molar-refractivity contribution >= 4 is 17.4 Å². The Bertz CT molecular complexity index is 953. The van der Waals surface area contributed by atoms with Crippen molar-refractivity contribution in [1.29, 1.82) is 0 Å². The molecule has 7 nitrogen and oxygen atoms in total. The van der Waals surface area contributed by atoms with Gasteiger partial charge in [-0.2, -0.15) is 5.10 Å². The predicted octanol–water partition coefficient (Wildman–Crippen LogP) is 3.55. The molecule has 3 atom stereocenters. The Hall–Kier alpha value is -2.48. The van der Waals surface area contributed by atoms with Crippen LogP contribution in [0.2, 0.25) is 5.02 Å². The minimum atomic E-state index is 0.0360. The summed E-state index contributed by atoms with van der Waals surface area (Å²) in [6, 6.07) is 12.1. The van der Waals surface area contributed by atoms with E-state index in [9.17, 15) is 0 Å². The van der Waals surface area contributed by atoms with E-state index >= 15 is 0 Å². The molecule has 146 valence electrons. The van der Waals surface area contributed by atoms with Crippen LogP contribution in [0, 0.1) is 19.8 Å². The fourth-order valence-electron chi connectivity index (χ4n) is 3.76. The van der Waals surface area contributed by atoms with E-state index in [1.54, 1.807) is 6.33 Å². The van der Waals surface area contributed by atoms with E-state index in [1.807, 2.05) is 42.8 Å². The van der Waals surface area contributed by atoms with Crippen LogP contribution in [0.1, 0.15) is 36.3 Å². The zero-order valence-corrected chi connectivity index (χ0v) is 16.9. The summed E-state index contributed by atoms with van der Waals surface area (Å²) in [6.07, 6.45) is 2.60. The predicted molar refractivity (Wildman–Crippen MR) is 110 cm³/mol. The largest absolute Gasteiger partial charge is 0.353 e. The molecule has 3 unspecified atom stereocenters. The molecule has 0 bridgehead atoms. The van der Waals surface area contributed by atoms with E-state index in [0.717, 1.165) is 34.5 Å². The van der Waals surface area contributed by atoms with Gasteiger partial charge in [0, 0.05) is 22.7 Å². The fourth-order valence-corrected chi connectivity index (χ4v) is 3.89. The number of halogens is 1. The molecular weight excluding hydrogens is 374 g/mol. The number of aromatic nitrogens is 4. The number of hydrazine groups is 1. The second-order valence-corrected chi connectivity index (χ2v) is 7.55. The Morgan fingerprint density at radius 1 is 1.11 bits per heavy atom. The number of benzene rings is 1. The van der Waals surface area contributed by atoms with Gasteiger partial charge in [0.25, 0.3) is 0 Å². The Balaban J connectivity index is 1.53. The van der Waals surface area contributed by atoms with Crippen molar-refractivity contribution in [1.82, 2.24) is 30.6 Å². The maximum absolute atomic E-state index is 6.03. The molecule has 2 aromatic heterocycles. The molecule has 1 aliphatic rings. The first kappa shape index (κ1) is 18.9. The quantitative estimate of drug-likeness (QED) is 0.611. The molecule has 0 aliphatic carbocycles. The molecule has 1 aromatic carbocycles. The fraction of sp³-hybridized carbons (Fsp3) is 0.350. The van der Waals surface area contributed by atoms with E-state index in [2.05, 4.69) is 50.3 Å². The van der Waals surface area contributed by atoms with Crippen molar-refractivity contribution in [2.45, 2.75) is 39.4 Å². The highest BCUT2D eigenvalue weighted by atomic mass is 35.5. The number of anilines is 1. The Kier molecular flexibility index (Phi) is 5.30. The van der Waals surface area contributed by atoms with Gasteiger partial charge in [0.15, 0.2) is 5.82 Å². The van der Waals surface area contributed by atoms with Gasteiger partial charge in [-0.1, -0.05) is 30.7 Å². The standard InChI is InChI=1S/C20H24ClN7/c1-4-16-19(14-5-7-15(21)8-6-14)25-26-20(16)24-17-10-18(23-11-22-17)28-13(3)9-12(2)27-28/h5-11,16,19-20,25-26H,4H2,1-3H3,(H,22,23,24). The lowest BCUT2D eigenvalue weighted by molar-refractivity contribution is 0.426. The summed E-state index contributed by atoms with van der Waals surface area (Å²) >= 11 is 6.03. The van der Waals surface area contributed by atoms with Gasteiger partial charge in [0.2, 0.25) is 0 Å². The second kappa shape index (κ2) is 7.87. The number of aryl methyl sites for hydroxylation is 2. The molecule has 1 fully saturated rings. The zero-order valence-electron chi connectivity index (χ0n) is 16.1. The van der Waals surface area contributed by atoms with Crippen molar-refractivity contribution in [3.8, 4) is 5.82 Å². The van der Waals surface area contributed by atoms with Crippen LogP contribution in [-0.2, 0) is 0 Å². The van der Waals surface area contributed by atoms with Gasteiger partial charge in [-0.3, -0.25) is 0 Å². The van der Waals surface area contributed by atoms with Crippen LogP contribution in [0.25, 0.3) is 5.82 Å². The summed E-state index contributed by atoms with van der Waals surface area (Å²) < 4.78 is 1.83. The summed E-state index contributed by atoms with van der Waals surface area (Å²) in [5.41, 5.74) is 9.98. The SMILES string of the molecule is CCC1C(Nc2cc(-n3nc(C)cc3C)ncn2)NNC1c1ccc(Cl)cc1. The van der Waals surface area contributed by atoms with Crippen molar-refractivity contribution in [3.63, 3.8) is 0 Å². The van der Waals surface area contributed by atoms with Gasteiger partial charge in [-0.15, -0.1) is 0 Å². The average Bonchev–Trinajstić information content (AvgIpc) is 3.24. The average molecular weight is 398 g/mol. The normalized spacial score (nSPS) is 21.8. The first-order valence-corrected chi connectivity index (χ1v) is 9.81. The molecule has 0 amide bonds. The van der Waals surface area contributed by atoms with Crippen LogP contribution in [0.15, 0.2) is 42.7 Å². The second-order valence-electron chi connectivity index (χ2n) is 7.11. The third-order valence-electron chi connectivity index (χ3n) is 5.13. The zero-order chi connectivity index (χ0) is 19.7. The van der Waals surface area contributed by atoms with Crippen LogP contribution in [0.5, 0.6) is 0 Å². The van der Waals surface area contributed by atoms with E-state index in [-0.39, 0.29) is 12.2 Å². The summed E-state index contributed by atoms with van der Waals surface area (Å²) in [5.74, 6) is 1.84. The highest BCUT2D eigenvalue weighted by Crippen LogP contribution is 2.32. The van der Waals surface area contributed by atoms with E-state index in [1.165, 1.54) is 5.56 Å². The molecule has 28 heavy (non-hydrogen) atoms. The highest BCUT2D eigenvalue weighted by molar-refractivity contribution is 6.30. The Labute approximate surface area is 169 Å². The maximum Gasteiger partial charge on any atom is 0.159 e. The molecule has 0 saturated carbocycles. The summed E-state index contributed by atoms with van der Waals surface area (Å²) in [5, 5.41) is 8.75. The smallest absolute Gasteiger partial charge is 0.159 e. The van der Waals surface area contributed by atoms with E-state index < -0.39 is 0 Å². The molecule has 3 heterocycles.